The second-order valence-corrected chi connectivity index (χ2v) is 6.64. The summed E-state index contributed by atoms with van der Waals surface area (Å²) in [6, 6.07) is 19.8. The predicted molar refractivity (Wildman–Crippen MR) is 102 cm³/mol. The first-order valence-corrected chi connectivity index (χ1v) is 8.12. The zero-order valence-corrected chi connectivity index (χ0v) is 15.2. The Morgan fingerprint density at radius 2 is 1.58 bits per heavy atom. The molecule has 3 nitrogen and oxygen atoms in total. The van der Waals surface area contributed by atoms with E-state index in [1.807, 2.05) is 48.5 Å². The van der Waals surface area contributed by atoms with E-state index in [1.165, 1.54) is 5.56 Å². The van der Waals surface area contributed by atoms with Crippen LogP contribution in [0.15, 0.2) is 60.7 Å². The second-order valence-electron chi connectivity index (χ2n) is 6.64. The van der Waals surface area contributed by atoms with Crippen LogP contribution in [0.5, 0.6) is 0 Å². The van der Waals surface area contributed by atoms with Crippen molar-refractivity contribution in [2.45, 2.75) is 44.7 Å². The van der Waals surface area contributed by atoms with Gasteiger partial charge < -0.3 is 11.1 Å². The van der Waals surface area contributed by atoms with E-state index >= 15 is 0 Å². The van der Waals surface area contributed by atoms with Crippen molar-refractivity contribution >= 4 is 18.3 Å². The molecule has 0 aliphatic rings. The van der Waals surface area contributed by atoms with Gasteiger partial charge in [0.1, 0.15) is 0 Å². The zero-order chi connectivity index (χ0) is 16.7. The minimum absolute atomic E-state index is 0. The van der Waals surface area contributed by atoms with Crippen molar-refractivity contribution < 1.29 is 4.79 Å². The summed E-state index contributed by atoms with van der Waals surface area (Å²) >= 11 is 0. The highest BCUT2D eigenvalue weighted by molar-refractivity contribution is 5.85. The maximum absolute atomic E-state index is 12.3. The number of benzene rings is 2. The Hall–Kier alpha value is -1.84. The summed E-state index contributed by atoms with van der Waals surface area (Å²) in [4.78, 5) is 12.3. The molecule has 0 aliphatic heterocycles. The minimum Gasteiger partial charge on any atom is -0.351 e. The van der Waals surface area contributed by atoms with Gasteiger partial charge in [0.2, 0.25) is 5.91 Å². The molecule has 2 rings (SSSR count). The molecule has 4 heteroatoms. The van der Waals surface area contributed by atoms with Crippen LogP contribution in [0.1, 0.15) is 43.9 Å². The molecule has 3 N–H and O–H groups in total. The van der Waals surface area contributed by atoms with Crippen LogP contribution in [0.25, 0.3) is 0 Å². The van der Waals surface area contributed by atoms with Crippen molar-refractivity contribution in [2.75, 3.05) is 0 Å². The topological polar surface area (TPSA) is 55.1 Å². The largest absolute Gasteiger partial charge is 0.351 e. The van der Waals surface area contributed by atoms with Crippen molar-refractivity contribution in [3.8, 4) is 0 Å². The number of hydrogen-bond acceptors (Lipinski definition) is 2. The standard InChI is InChI=1S/C20H26N2O.ClH/c1-20(2,14-13-16-9-5-3-6-10-16)22-19(23)15-18(21)17-11-7-4-8-12-17;/h3-12,18H,13-15,21H2,1-2H3,(H,22,23);1H. The average molecular weight is 347 g/mol. The summed E-state index contributed by atoms with van der Waals surface area (Å²) in [5.41, 5.74) is 8.15. The lowest BCUT2D eigenvalue weighted by Crippen LogP contribution is -2.44. The van der Waals surface area contributed by atoms with Gasteiger partial charge in [0, 0.05) is 18.0 Å². The normalized spacial score (nSPS) is 12.1. The van der Waals surface area contributed by atoms with E-state index in [4.69, 9.17) is 5.73 Å². The monoisotopic (exact) mass is 346 g/mol. The van der Waals surface area contributed by atoms with E-state index < -0.39 is 0 Å². The quantitative estimate of drug-likeness (QED) is 0.795. The van der Waals surface area contributed by atoms with Gasteiger partial charge in [0.05, 0.1) is 0 Å². The highest BCUT2D eigenvalue weighted by atomic mass is 35.5. The minimum atomic E-state index is -0.263. The van der Waals surface area contributed by atoms with Crippen LogP contribution in [0, 0.1) is 0 Å². The second kappa shape index (κ2) is 9.45. The van der Waals surface area contributed by atoms with Crippen molar-refractivity contribution in [3.63, 3.8) is 0 Å². The first-order valence-electron chi connectivity index (χ1n) is 8.12. The van der Waals surface area contributed by atoms with Gasteiger partial charge in [-0.2, -0.15) is 0 Å². The van der Waals surface area contributed by atoms with Crippen LogP contribution < -0.4 is 11.1 Å². The number of aryl methyl sites for hydroxylation is 1. The Balaban J connectivity index is 0.00000288. The number of halogens is 1. The lowest BCUT2D eigenvalue weighted by atomic mass is 9.94. The van der Waals surface area contributed by atoms with Gasteiger partial charge >= 0.3 is 0 Å². The number of carbonyl (C=O) groups excluding carboxylic acids is 1. The molecule has 1 amide bonds. The number of rotatable bonds is 7. The summed E-state index contributed by atoms with van der Waals surface area (Å²) in [5, 5.41) is 3.11. The smallest absolute Gasteiger partial charge is 0.222 e. The summed E-state index contributed by atoms with van der Waals surface area (Å²) in [7, 11) is 0. The number of carbonyl (C=O) groups is 1. The van der Waals surface area contributed by atoms with E-state index in [-0.39, 0.29) is 29.9 Å². The molecule has 0 fully saturated rings. The van der Waals surface area contributed by atoms with E-state index in [0.29, 0.717) is 6.42 Å². The first kappa shape index (κ1) is 20.2. The lowest BCUT2D eigenvalue weighted by Gasteiger charge is -2.27. The Morgan fingerprint density at radius 3 is 2.17 bits per heavy atom. The molecule has 0 aromatic heterocycles. The third-order valence-corrected chi connectivity index (χ3v) is 3.99. The maximum Gasteiger partial charge on any atom is 0.222 e. The van der Waals surface area contributed by atoms with Gasteiger partial charge in [-0.15, -0.1) is 12.4 Å². The first-order chi connectivity index (χ1) is 11.0. The van der Waals surface area contributed by atoms with Crippen LogP contribution in [-0.2, 0) is 11.2 Å². The van der Waals surface area contributed by atoms with Crippen molar-refractivity contribution in [1.29, 1.82) is 0 Å². The predicted octanol–water partition coefficient (Wildman–Crippen LogP) is 4.03. The molecule has 2 aromatic rings. The van der Waals surface area contributed by atoms with Gasteiger partial charge in [-0.05, 0) is 37.8 Å². The fourth-order valence-corrected chi connectivity index (χ4v) is 2.61. The average Bonchev–Trinajstić information content (AvgIpc) is 2.54. The molecule has 0 saturated carbocycles. The molecule has 0 spiro atoms. The summed E-state index contributed by atoms with van der Waals surface area (Å²) in [5.74, 6) is -0.000542. The lowest BCUT2D eigenvalue weighted by molar-refractivity contribution is -0.123. The van der Waals surface area contributed by atoms with Gasteiger partial charge in [-0.3, -0.25) is 4.79 Å². The molecular weight excluding hydrogens is 320 g/mol. The third kappa shape index (κ3) is 6.73. The molecule has 0 aliphatic carbocycles. The Kier molecular flexibility index (Phi) is 7.96. The van der Waals surface area contributed by atoms with Gasteiger partial charge in [0.25, 0.3) is 0 Å². The molecule has 0 bridgehead atoms. The van der Waals surface area contributed by atoms with Crippen molar-refractivity contribution in [2.24, 2.45) is 5.73 Å². The SMILES string of the molecule is CC(C)(CCc1ccccc1)NC(=O)CC(N)c1ccccc1.Cl. The summed E-state index contributed by atoms with van der Waals surface area (Å²) in [6.07, 6.45) is 2.14. The molecular formula is C20H27ClN2O. The third-order valence-electron chi connectivity index (χ3n) is 3.99. The van der Waals surface area contributed by atoms with Crippen molar-refractivity contribution in [3.05, 3.63) is 71.8 Å². The molecule has 2 aromatic carbocycles. The zero-order valence-electron chi connectivity index (χ0n) is 14.4. The van der Waals surface area contributed by atoms with Crippen LogP contribution in [0.4, 0.5) is 0 Å². The fraction of sp³-hybridized carbons (Fsp3) is 0.350. The number of amides is 1. The Bertz CT molecular complexity index is 614. The van der Waals surface area contributed by atoms with Crippen LogP contribution in [0.3, 0.4) is 0 Å². The van der Waals surface area contributed by atoms with E-state index in [9.17, 15) is 4.79 Å². The van der Waals surface area contributed by atoms with E-state index in [0.717, 1.165) is 18.4 Å². The molecule has 0 heterocycles. The van der Waals surface area contributed by atoms with Gasteiger partial charge in [0.15, 0.2) is 0 Å². The highest BCUT2D eigenvalue weighted by Gasteiger charge is 2.21. The van der Waals surface area contributed by atoms with Gasteiger partial charge in [-0.1, -0.05) is 60.7 Å². The Labute approximate surface area is 151 Å². The van der Waals surface area contributed by atoms with E-state index in [2.05, 4.69) is 31.3 Å². The molecule has 24 heavy (non-hydrogen) atoms. The number of hydrogen-bond donors (Lipinski definition) is 2. The maximum atomic E-state index is 12.3. The summed E-state index contributed by atoms with van der Waals surface area (Å²) < 4.78 is 0. The van der Waals surface area contributed by atoms with Crippen LogP contribution >= 0.6 is 12.4 Å². The highest BCUT2D eigenvalue weighted by Crippen LogP contribution is 2.17. The number of nitrogens with two attached hydrogens (primary N) is 1. The van der Waals surface area contributed by atoms with Crippen LogP contribution in [-0.4, -0.2) is 11.4 Å². The van der Waals surface area contributed by atoms with Crippen LogP contribution in [0.2, 0.25) is 0 Å². The molecule has 1 unspecified atom stereocenters. The van der Waals surface area contributed by atoms with Gasteiger partial charge in [-0.25, -0.2) is 0 Å². The molecule has 0 saturated heterocycles. The fourth-order valence-electron chi connectivity index (χ4n) is 2.61. The number of nitrogens with one attached hydrogen (secondary N) is 1. The summed E-state index contributed by atoms with van der Waals surface area (Å²) in [6.45, 7) is 4.11. The molecule has 0 radical (unpaired) electrons. The van der Waals surface area contributed by atoms with Crippen molar-refractivity contribution in [1.82, 2.24) is 5.32 Å². The van der Waals surface area contributed by atoms with E-state index in [1.54, 1.807) is 0 Å². The molecule has 130 valence electrons. The molecule has 1 atom stereocenters. The Morgan fingerprint density at radius 1 is 1.04 bits per heavy atom.